The van der Waals surface area contributed by atoms with Gasteiger partial charge in [-0.15, -0.1) is 0 Å². The molecule has 0 aliphatic carbocycles. The number of rotatable bonds is 5. The minimum atomic E-state index is 0.851. The molecule has 0 amide bonds. The molecular weight excluding hydrogens is 200 g/mol. The molecule has 0 fully saturated rings. The largest absolute Gasteiger partial charge is 0.313 e. The summed E-state index contributed by atoms with van der Waals surface area (Å²) in [5, 5.41) is 7.62. The van der Waals surface area contributed by atoms with Gasteiger partial charge in [-0.3, -0.25) is 0 Å². The first-order valence-electron chi connectivity index (χ1n) is 5.56. The molecule has 0 aromatic carbocycles. The fourth-order valence-corrected chi connectivity index (χ4v) is 1.48. The van der Waals surface area contributed by atoms with Crippen LogP contribution in [0, 0.1) is 0 Å². The van der Waals surface area contributed by atoms with Gasteiger partial charge in [0.2, 0.25) is 0 Å². The van der Waals surface area contributed by atoms with Crippen LogP contribution in [0.15, 0.2) is 36.8 Å². The molecule has 0 aliphatic heterocycles. The Labute approximate surface area is 95.3 Å². The fraction of sp³-hybridized carbons (Fsp3) is 0.333. The minimum absolute atomic E-state index is 0.851. The van der Waals surface area contributed by atoms with Crippen LogP contribution in [-0.4, -0.2) is 21.3 Å². The zero-order valence-corrected chi connectivity index (χ0v) is 9.43. The molecule has 4 heteroatoms. The fourth-order valence-electron chi connectivity index (χ4n) is 1.48. The highest BCUT2D eigenvalue weighted by molar-refractivity contribution is 5.21. The topological polar surface area (TPSA) is 42.7 Å². The summed E-state index contributed by atoms with van der Waals surface area (Å²) in [7, 11) is 0. The molecule has 2 aromatic heterocycles. The van der Waals surface area contributed by atoms with Gasteiger partial charge < -0.3 is 5.32 Å². The summed E-state index contributed by atoms with van der Waals surface area (Å²) in [6.45, 7) is 4.06. The molecule has 0 unspecified atom stereocenters. The van der Waals surface area contributed by atoms with Gasteiger partial charge in [0, 0.05) is 24.5 Å². The maximum Gasteiger partial charge on any atom is 0.153 e. The first-order chi connectivity index (χ1) is 7.90. The second-order valence-electron chi connectivity index (χ2n) is 3.66. The van der Waals surface area contributed by atoms with Crippen molar-refractivity contribution in [2.45, 2.75) is 19.9 Å². The van der Waals surface area contributed by atoms with Gasteiger partial charge in [-0.1, -0.05) is 13.0 Å². The van der Waals surface area contributed by atoms with Crippen molar-refractivity contribution >= 4 is 0 Å². The van der Waals surface area contributed by atoms with Gasteiger partial charge in [-0.25, -0.2) is 9.67 Å². The Kier molecular flexibility index (Phi) is 3.66. The van der Waals surface area contributed by atoms with Gasteiger partial charge in [-0.2, -0.15) is 5.10 Å². The Hall–Kier alpha value is -1.68. The van der Waals surface area contributed by atoms with Crippen molar-refractivity contribution in [3.63, 3.8) is 0 Å². The van der Waals surface area contributed by atoms with Crippen molar-refractivity contribution in [3.05, 3.63) is 42.4 Å². The Morgan fingerprint density at radius 1 is 1.38 bits per heavy atom. The Balaban J connectivity index is 2.02. The predicted octanol–water partition coefficient (Wildman–Crippen LogP) is 1.77. The quantitative estimate of drug-likeness (QED) is 0.774. The van der Waals surface area contributed by atoms with Gasteiger partial charge in [-0.05, 0) is 25.1 Å². The highest BCUT2D eigenvalue weighted by atomic mass is 15.3. The predicted molar refractivity (Wildman–Crippen MR) is 63.4 cm³/mol. The summed E-state index contributed by atoms with van der Waals surface area (Å²) in [6.07, 6.45) is 6.79. The second-order valence-corrected chi connectivity index (χ2v) is 3.66. The van der Waals surface area contributed by atoms with Crippen LogP contribution >= 0.6 is 0 Å². The summed E-state index contributed by atoms with van der Waals surface area (Å²) in [5.74, 6) is 0.851. The van der Waals surface area contributed by atoms with Crippen LogP contribution in [0.3, 0.4) is 0 Å². The maximum absolute atomic E-state index is 4.28. The molecule has 0 atom stereocenters. The van der Waals surface area contributed by atoms with Gasteiger partial charge in [0.15, 0.2) is 5.82 Å². The first kappa shape index (κ1) is 10.8. The molecular formula is C12H16N4. The zero-order valence-electron chi connectivity index (χ0n) is 9.43. The number of nitrogens with one attached hydrogen (secondary N) is 1. The number of aromatic nitrogens is 3. The van der Waals surface area contributed by atoms with Crippen LogP contribution in [0.5, 0.6) is 0 Å². The lowest BCUT2D eigenvalue weighted by Gasteiger charge is -1.99. The van der Waals surface area contributed by atoms with E-state index in [9.17, 15) is 0 Å². The summed E-state index contributed by atoms with van der Waals surface area (Å²) >= 11 is 0. The monoisotopic (exact) mass is 216 g/mol. The van der Waals surface area contributed by atoms with Gasteiger partial charge in [0.1, 0.15) is 0 Å². The Morgan fingerprint density at radius 3 is 3.06 bits per heavy atom. The number of pyridine rings is 1. The van der Waals surface area contributed by atoms with E-state index in [-0.39, 0.29) is 0 Å². The smallest absolute Gasteiger partial charge is 0.153 e. The molecule has 16 heavy (non-hydrogen) atoms. The average Bonchev–Trinajstić information content (AvgIpc) is 2.79. The SMILES string of the molecule is CCCNCc1cnn(-c2ccccn2)c1. The second kappa shape index (κ2) is 5.42. The van der Waals surface area contributed by atoms with E-state index in [0.717, 1.165) is 25.3 Å². The molecule has 0 spiro atoms. The number of hydrogen-bond acceptors (Lipinski definition) is 3. The van der Waals surface area contributed by atoms with E-state index < -0.39 is 0 Å². The van der Waals surface area contributed by atoms with Crippen LogP contribution in [0.25, 0.3) is 5.82 Å². The van der Waals surface area contributed by atoms with E-state index in [2.05, 4.69) is 22.3 Å². The highest BCUT2D eigenvalue weighted by Crippen LogP contribution is 2.04. The minimum Gasteiger partial charge on any atom is -0.313 e. The van der Waals surface area contributed by atoms with Crippen molar-refractivity contribution in [3.8, 4) is 5.82 Å². The molecule has 2 aromatic rings. The maximum atomic E-state index is 4.28. The van der Waals surface area contributed by atoms with Crippen LogP contribution < -0.4 is 5.32 Å². The lowest BCUT2D eigenvalue weighted by Crippen LogP contribution is -2.13. The molecule has 2 heterocycles. The van der Waals surface area contributed by atoms with E-state index in [0.29, 0.717) is 0 Å². The zero-order chi connectivity index (χ0) is 11.2. The normalized spacial score (nSPS) is 10.6. The van der Waals surface area contributed by atoms with E-state index in [4.69, 9.17) is 0 Å². The summed E-state index contributed by atoms with van der Waals surface area (Å²) in [4.78, 5) is 4.24. The molecule has 84 valence electrons. The molecule has 0 radical (unpaired) electrons. The van der Waals surface area contributed by atoms with Gasteiger partial charge in [0.25, 0.3) is 0 Å². The van der Waals surface area contributed by atoms with Gasteiger partial charge in [0.05, 0.1) is 6.20 Å². The number of nitrogens with zero attached hydrogens (tertiary/aromatic N) is 3. The van der Waals surface area contributed by atoms with Crippen LogP contribution in [-0.2, 0) is 6.54 Å². The van der Waals surface area contributed by atoms with E-state index in [1.165, 1.54) is 5.56 Å². The van der Waals surface area contributed by atoms with Crippen molar-refractivity contribution in [2.24, 2.45) is 0 Å². The number of hydrogen-bond donors (Lipinski definition) is 1. The first-order valence-corrected chi connectivity index (χ1v) is 5.56. The Morgan fingerprint density at radius 2 is 2.31 bits per heavy atom. The molecule has 0 bridgehead atoms. The van der Waals surface area contributed by atoms with E-state index in [1.807, 2.05) is 30.6 Å². The van der Waals surface area contributed by atoms with Crippen molar-refractivity contribution in [2.75, 3.05) is 6.54 Å². The van der Waals surface area contributed by atoms with E-state index >= 15 is 0 Å². The molecule has 4 nitrogen and oxygen atoms in total. The third kappa shape index (κ3) is 2.67. The van der Waals surface area contributed by atoms with Crippen LogP contribution in [0.1, 0.15) is 18.9 Å². The standard InChI is InChI=1S/C12H16N4/c1-2-6-13-8-11-9-15-16(10-11)12-5-3-4-7-14-12/h3-5,7,9-10,13H,2,6,8H2,1H3. The van der Waals surface area contributed by atoms with Crippen LogP contribution in [0.4, 0.5) is 0 Å². The summed E-state index contributed by atoms with van der Waals surface area (Å²) in [6, 6.07) is 5.80. The summed E-state index contributed by atoms with van der Waals surface area (Å²) < 4.78 is 1.79. The Bertz CT molecular complexity index is 422. The van der Waals surface area contributed by atoms with Crippen molar-refractivity contribution in [1.82, 2.24) is 20.1 Å². The highest BCUT2D eigenvalue weighted by Gasteiger charge is 2.00. The third-order valence-corrected chi connectivity index (χ3v) is 2.28. The van der Waals surface area contributed by atoms with Crippen molar-refractivity contribution in [1.29, 1.82) is 0 Å². The van der Waals surface area contributed by atoms with E-state index in [1.54, 1.807) is 10.9 Å². The molecule has 2 rings (SSSR count). The molecule has 1 N–H and O–H groups in total. The molecule has 0 saturated carbocycles. The summed E-state index contributed by atoms with van der Waals surface area (Å²) in [5.41, 5.74) is 1.18. The lowest BCUT2D eigenvalue weighted by atomic mass is 10.3. The van der Waals surface area contributed by atoms with Crippen LogP contribution in [0.2, 0.25) is 0 Å². The molecule has 0 aliphatic rings. The average molecular weight is 216 g/mol. The van der Waals surface area contributed by atoms with Gasteiger partial charge >= 0.3 is 0 Å². The van der Waals surface area contributed by atoms with Crippen molar-refractivity contribution < 1.29 is 0 Å². The molecule has 0 saturated heterocycles. The lowest BCUT2D eigenvalue weighted by molar-refractivity contribution is 0.675. The third-order valence-electron chi connectivity index (χ3n) is 2.28.